The maximum atomic E-state index is 11.3. The Kier molecular flexibility index (Phi) is 5.04. The molecule has 0 aromatic heterocycles. The Morgan fingerprint density at radius 3 is 2.65 bits per heavy atom. The summed E-state index contributed by atoms with van der Waals surface area (Å²) in [5, 5.41) is 9.67. The molecular formula is C15H12BrClO3. The topological polar surface area (TPSA) is 46.5 Å². The molecule has 1 atom stereocenters. The molecule has 104 valence electrons. The summed E-state index contributed by atoms with van der Waals surface area (Å²) >= 11 is 9.33. The Bertz CT molecular complexity index is 616. The number of carboxylic acid groups (broad SMARTS) is 1. The van der Waals surface area contributed by atoms with Crippen molar-refractivity contribution in [3.05, 3.63) is 63.6 Å². The van der Waals surface area contributed by atoms with Crippen molar-refractivity contribution in [2.45, 2.75) is 12.5 Å². The lowest BCUT2D eigenvalue weighted by Gasteiger charge is -2.16. The van der Waals surface area contributed by atoms with Crippen molar-refractivity contribution in [3.8, 4) is 5.75 Å². The van der Waals surface area contributed by atoms with Crippen LogP contribution in [0.5, 0.6) is 5.75 Å². The molecular weight excluding hydrogens is 344 g/mol. The Morgan fingerprint density at radius 2 is 2.00 bits per heavy atom. The molecule has 0 aliphatic heterocycles. The van der Waals surface area contributed by atoms with Crippen LogP contribution in [0.25, 0.3) is 0 Å². The van der Waals surface area contributed by atoms with Crippen molar-refractivity contribution in [1.82, 2.24) is 0 Å². The van der Waals surface area contributed by atoms with Crippen LogP contribution in [-0.4, -0.2) is 17.2 Å². The number of para-hydroxylation sites is 1. The van der Waals surface area contributed by atoms with Crippen LogP contribution < -0.4 is 4.74 Å². The van der Waals surface area contributed by atoms with Crippen LogP contribution in [0, 0.1) is 0 Å². The van der Waals surface area contributed by atoms with Gasteiger partial charge in [-0.15, -0.1) is 0 Å². The second-order valence-electron chi connectivity index (χ2n) is 4.21. The van der Waals surface area contributed by atoms with Crippen LogP contribution in [0.3, 0.4) is 0 Å². The average molecular weight is 356 g/mol. The number of hydrogen-bond acceptors (Lipinski definition) is 2. The number of carbonyl (C=O) groups is 1. The highest BCUT2D eigenvalue weighted by Gasteiger charge is 2.21. The zero-order chi connectivity index (χ0) is 14.5. The minimum Gasteiger partial charge on any atom is -0.478 e. The largest absolute Gasteiger partial charge is 0.478 e. The number of carboxylic acids is 1. The van der Waals surface area contributed by atoms with Crippen molar-refractivity contribution < 1.29 is 14.6 Å². The predicted octanol–water partition coefficient (Wildman–Crippen LogP) is 4.18. The highest BCUT2D eigenvalue weighted by atomic mass is 79.9. The van der Waals surface area contributed by atoms with Gasteiger partial charge in [0.1, 0.15) is 5.75 Å². The lowest BCUT2D eigenvalue weighted by molar-refractivity contribution is -0.145. The number of hydrogen-bond donors (Lipinski definition) is 1. The molecule has 1 unspecified atom stereocenters. The molecule has 5 heteroatoms. The first kappa shape index (κ1) is 14.9. The molecule has 0 bridgehead atoms. The Labute approximate surface area is 130 Å². The SMILES string of the molecule is O=C(O)C(Cc1cccc(Br)c1)Oc1ccccc1Cl. The summed E-state index contributed by atoms with van der Waals surface area (Å²) in [5.74, 6) is -0.651. The van der Waals surface area contributed by atoms with Crippen molar-refractivity contribution in [1.29, 1.82) is 0 Å². The first-order chi connectivity index (χ1) is 9.56. The highest BCUT2D eigenvalue weighted by molar-refractivity contribution is 9.10. The van der Waals surface area contributed by atoms with Gasteiger partial charge in [0.15, 0.2) is 6.10 Å². The van der Waals surface area contributed by atoms with Crippen LogP contribution in [0.15, 0.2) is 53.0 Å². The average Bonchev–Trinajstić information content (AvgIpc) is 2.40. The minimum absolute atomic E-state index is 0.264. The predicted molar refractivity (Wildman–Crippen MR) is 81.3 cm³/mol. The molecule has 0 radical (unpaired) electrons. The normalized spacial score (nSPS) is 11.9. The third kappa shape index (κ3) is 3.99. The van der Waals surface area contributed by atoms with Gasteiger partial charge in [0.25, 0.3) is 0 Å². The van der Waals surface area contributed by atoms with Gasteiger partial charge >= 0.3 is 5.97 Å². The van der Waals surface area contributed by atoms with Gasteiger partial charge in [0.2, 0.25) is 0 Å². The van der Waals surface area contributed by atoms with Gasteiger partial charge < -0.3 is 9.84 Å². The van der Waals surface area contributed by atoms with E-state index in [1.54, 1.807) is 24.3 Å². The van der Waals surface area contributed by atoms with E-state index < -0.39 is 12.1 Å². The van der Waals surface area contributed by atoms with Crippen LogP contribution >= 0.6 is 27.5 Å². The Hall–Kier alpha value is -1.52. The number of halogens is 2. The maximum absolute atomic E-state index is 11.3. The number of aliphatic carboxylic acids is 1. The molecule has 0 saturated heterocycles. The lowest BCUT2D eigenvalue weighted by Crippen LogP contribution is -2.29. The molecule has 0 spiro atoms. The molecule has 0 amide bonds. The molecule has 0 aliphatic rings. The Balaban J connectivity index is 2.16. The summed E-state index contributed by atoms with van der Waals surface area (Å²) < 4.78 is 6.40. The number of rotatable bonds is 5. The standard InChI is InChI=1S/C15H12BrClO3/c16-11-5-3-4-10(8-11)9-14(15(18)19)20-13-7-2-1-6-12(13)17/h1-8,14H,9H2,(H,18,19). The lowest BCUT2D eigenvalue weighted by atomic mass is 10.1. The summed E-state index contributed by atoms with van der Waals surface area (Å²) in [5.41, 5.74) is 0.874. The summed E-state index contributed by atoms with van der Waals surface area (Å²) in [6.45, 7) is 0. The zero-order valence-electron chi connectivity index (χ0n) is 10.4. The van der Waals surface area contributed by atoms with E-state index in [1.165, 1.54) is 0 Å². The van der Waals surface area contributed by atoms with Crippen LogP contribution in [0.4, 0.5) is 0 Å². The van der Waals surface area contributed by atoms with Crippen molar-refractivity contribution in [2.75, 3.05) is 0 Å². The van der Waals surface area contributed by atoms with Crippen LogP contribution in [-0.2, 0) is 11.2 Å². The molecule has 2 rings (SSSR count). The second-order valence-corrected chi connectivity index (χ2v) is 5.53. The molecule has 2 aromatic rings. The molecule has 0 saturated carbocycles. The third-order valence-electron chi connectivity index (χ3n) is 2.69. The summed E-state index contributed by atoms with van der Waals surface area (Å²) in [4.78, 5) is 11.3. The van der Waals surface area contributed by atoms with E-state index in [9.17, 15) is 9.90 Å². The first-order valence-electron chi connectivity index (χ1n) is 5.94. The summed E-state index contributed by atoms with van der Waals surface area (Å²) in [7, 11) is 0. The van der Waals surface area contributed by atoms with Crippen LogP contribution in [0.1, 0.15) is 5.56 Å². The Morgan fingerprint density at radius 1 is 1.25 bits per heavy atom. The monoisotopic (exact) mass is 354 g/mol. The van der Waals surface area contributed by atoms with Gasteiger partial charge in [-0.3, -0.25) is 0 Å². The fourth-order valence-corrected chi connectivity index (χ4v) is 2.38. The molecule has 0 heterocycles. The van der Waals surface area contributed by atoms with Crippen molar-refractivity contribution in [3.63, 3.8) is 0 Å². The van der Waals surface area contributed by atoms with E-state index in [1.807, 2.05) is 24.3 Å². The zero-order valence-corrected chi connectivity index (χ0v) is 12.8. The van der Waals surface area contributed by atoms with E-state index in [0.29, 0.717) is 10.8 Å². The molecule has 2 aromatic carbocycles. The van der Waals surface area contributed by atoms with E-state index in [-0.39, 0.29) is 6.42 Å². The van der Waals surface area contributed by atoms with Gasteiger partial charge in [0.05, 0.1) is 5.02 Å². The van der Waals surface area contributed by atoms with E-state index >= 15 is 0 Å². The van der Waals surface area contributed by atoms with E-state index in [2.05, 4.69) is 15.9 Å². The fourth-order valence-electron chi connectivity index (χ4n) is 1.75. The quantitative estimate of drug-likeness (QED) is 0.875. The molecule has 0 aliphatic carbocycles. The van der Waals surface area contributed by atoms with Gasteiger partial charge in [-0.2, -0.15) is 0 Å². The van der Waals surface area contributed by atoms with E-state index in [0.717, 1.165) is 10.0 Å². The molecule has 20 heavy (non-hydrogen) atoms. The van der Waals surface area contributed by atoms with Gasteiger partial charge in [-0.25, -0.2) is 4.79 Å². The molecule has 0 fully saturated rings. The molecule has 3 nitrogen and oxygen atoms in total. The van der Waals surface area contributed by atoms with Crippen LogP contribution in [0.2, 0.25) is 5.02 Å². The highest BCUT2D eigenvalue weighted by Crippen LogP contribution is 2.25. The first-order valence-corrected chi connectivity index (χ1v) is 7.12. The van der Waals surface area contributed by atoms with Crippen molar-refractivity contribution >= 4 is 33.5 Å². The number of benzene rings is 2. The summed E-state index contributed by atoms with van der Waals surface area (Å²) in [6.07, 6.45) is -0.718. The fraction of sp³-hybridized carbons (Fsp3) is 0.133. The van der Waals surface area contributed by atoms with Crippen molar-refractivity contribution in [2.24, 2.45) is 0 Å². The van der Waals surface area contributed by atoms with Gasteiger partial charge in [-0.05, 0) is 29.8 Å². The number of ether oxygens (including phenoxy) is 1. The van der Waals surface area contributed by atoms with Gasteiger partial charge in [0, 0.05) is 10.9 Å². The smallest absolute Gasteiger partial charge is 0.345 e. The minimum atomic E-state index is -1.02. The summed E-state index contributed by atoms with van der Waals surface area (Å²) in [6, 6.07) is 14.3. The van der Waals surface area contributed by atoms with Gasteiger partial charge in [-0.1, -0.05) is 51.8 Å². The second kappa shape index (κ2) is 6.77. The molecule has 1 N–H and O–H groups in total. The van der Waals surface area contributed by atoms with E-state index in [4.69, 9.17) is 16.3 Å². The third-order valence-corrected chi connectivity index (χ3v) is 3.50. The maximum Gasteiger partial charge on any atom is 0.345 e.